The molecule has 2 aliphatic rings. The predicted molar refractivity (Wildman–Crippen MR) is 113 cm³/mol. The van der Waals surface area contributed by atoms with E-state index in [-0.39, 0.29) is 18.3 Å². The highest BCUT2D eigenvalue weighted by Gasteiger charge is 2.32. The number of hydrogen-bond acceptors (Lipinski definition) is 3. The number of fused-ring (bicyclic) bond motifs is 1. The number of anilines is 2. The first-order chi connectivity index (χ1) is 12.7. The van der Waals surface area contributed by atoms with E-state index < -0.39 is 0 Å². The second-order valence-electron chi connectivity index (χ2n) is 7.46. The summed E-state index contributed by atoms with van der Waals surface area (Å²) in [5.74, 6) is 1.63. The Kier molecular flexibility index (Phi) is 6.40. The van der Waals surface area contributed by atoms with Crippen molar-refractivity contribution in [3.8, 4) is 0 Å². The maximum absolute atomic E-state index is 13.3. The summed E-state index contributed by atoms with van der Waals surface area (Å²) >= 11 is 0. The second-order valence-corrected chi connectivity index (χ2v) is 7.46. The molecule has 2 aromatic carbocycles. The number of amides is 1. The largest absolute Gasteiger partial charge is 0.344 e. The van der Waals surface area contributed by atoms with Gasteiger partial charge in [0.25, 0.3) is 5.91 Å². The quantitative estimate of drug-likeness (QED) is 0.868. The van der Waals surface area contributed by atoms with Gasteiger partial charge in [0.15, 0.2) is 0 Å². The van der Waals surface area contributed by atoms with Gasteiger partial charge in [-0.1, -0.05) is 30.3 Å². The summed E-state index contributed by atoms with van der Waals surface area (Å²) in [4.78, 5) is 17.5. The van der Waals surface area contributed by atoms with Crippen LogP contribution in [-0.2, 0) is 0 Å². The van der Waals surface area contributed by atoms with Crippen molar-refractivity contribution >= 4 is 29.7 Å². The fraction of sp³-hybridized carbons (Fsp3) is 0.409. The van der Waals surface area contributed by atoms with E-state index in [1.54, 1.807) is 0 Å². The molecule has 2 heterocycles. The van der Waals surface area contributed by atoms with Crippen molar-refractivity contribution in [3.05, 3.63) is 60.2 Å². The molecule has 0 spiro atoms. The molecule has 144 valence electrons. The van der Waals surface area contributed by atoms with Crippen LogP contribution in [-0.4, -0.2) is 44.0 Å². The smallest absolute Gasteiger partial charge is 0.255 e. The number of likely N-dealkylation sites (tertiary alicyclic amines) is 1. The van der Waals surface area contributed by atoms with Gasteiger partial charge in [-0.2, -0.15) is 0 Å². The first kappa shape index (κ1) is 19.7. The number of benzene rings is 2. The number of carbonyl (C=O) groups is 1. The van der Waals surface area contributed by atoms with Gasteiger partial charge in [0, 0.05) is 25.8 Å². The van der Waals surface area contributed by atoms with Gasteiger partial charge in [-0.15, -0.1) is 12.4 Å². The molecule has 0 bridgehead atoms. The molecule has 1 N–H and O–H groups in total. The number of nitrogens with one attached hydrogen (secondary N) is 1. The summed E-state index contributed by atoms with van der Waals surface area (Å²) in [7, 11) is 2.03. The van der Waals surface area contributed by atoms with Crippen LogP contribution in [0.4, 0.5) is 11.4 Å². The third-order valence-electron chi connectivity index (χ3n) is 5.95. The minimum absolute atomic E-state index is 0. The monoisotopic (exact) mass is 385 g/mol. The molecule has 0 unspecified atom stereocenters. The lowest BCUT2D eigenvalue weighted by Crippen LogP contribution is -2.33. The van der Waals surface area contributed by atoms with Crippen LogP contribution in [0.2, 0.25) is 0 Å². The summed E-state index contributed by atoms with van der Waals surface area (Å²) in [6.07, 6.45) is 2.22. The number of halogens is 1. The highest BCUT2D eigenvalue weighted by Crippen LogP contribution is 2.31. The Morgan fingerprint density at radius 1 is 0.963 bits per heavy atom. The summed E-state index contributed by atoms with van der Waals surface area (Å²) in [5, 5.41) is 3.50. The normalized spacial score (nSPS) is 21.7. The van der Waals surface area contributed by atoms with E-state index in [0.717, 1.165) is 67.8 Å². The van der Waals surface area contributed by atoms with E-state index in [9.17, 15) is 4.79 Å². The molecule has 0 aliphatic carbocycles. The first-order valence-electron chi connectivity index (χ1n) is 9.62. The van der Waals surface area contributed by atoms with E-state index in [0.29, 0.717) is 0 Å². The molecule has 0 radical (unpaired) electrons. The fourth-order valence-electron chi connectivity index (χ4n) is 4.33. The van der Waals surface area contributed by atoms with Crippen molar-refractivity contribution in [1.29, 1.82) is 0 Å². The summed E-state index contributed by atoms with van der Waals surface area (Å²) in [6, 6.07) is 18.2. The Morgan fingerprint density at radius 2 is 1.56 bits per heavy atom. The number of carbonyl (C=O) groups excluding carboxylic acids is 1. The van der Waals surface area contributed by atoms with E-state index >= 15 is 0 Å². The highest BCUT2D eigenvalue weighted by atomic mass is 35.5. The van der Waals surface area contributed by atoms with Crippen LogP contribution in [0.3, 0.4) is 0 Å². The zero-order valence-electron chi connectivity index (χ0n) is 15.8. The number of nitrogens with zero attached hydrogens (tertiary/aromatic N) is 2. The lowest BCUT2D eigenvalue weighted by atomic mass is 9.92. The molecule has 2 aliphatic heterocycles. The molecule has 27 heavy (non-hydrogen) atoms. The van der Waals surface area contributed by atoms with Crippen molar-refractivity contribution < 1.29 is 4.79 Å². The van der Waals surface area contributed by atoms with Gasteiger partial charge >= 0.3 is 0 Å². The van der Waals surface area contributed by atoms with Crippen molar-refractivity contribution in [3.63, 3.8) is 0 Å². The summed E-state index contributed by atoms with van der Waals surface area (Å²) in [6.45, 7) is 3.95. The highest BCUT2D eigenvalue weighted by molar-refractivity contribution is 6.00. The van der Waals surface area contributed by atoms with Crippen molar-refractivity contribution in [1.82, 2.24) is 10.2 Å². The van der Waals surface area contributed by atoms with Gasteiger partial charge in [-0.05, 0) is 62.0 Å². The van der Waals surface area contributed by atoms with E-state index in [4.69, 9.17) is 0 Å². The lowest BCUT2D eigenvalue weighted by Gasteiger charge is -2.26. The van der Waals surface area contributed by atoms with Gasteiger partial charge < -0.3 is 15.1 Å². The van der Waals surface area contributed by atoms with E-state index in [1.165, 1.54) is 0 Å². The lowest BCUT2D eigenvalue weighted by molar-refractivity contribution is 0.0759. The molecule has 4 nitrogen and oxygen atoms in total. The zero-order chi connectivity index (χ0) is 17.9. The number of para-hydroxylation sites is 2. The Hall–Kier alpha value is -2.04. The maximum atomic E-state index is 13.3. The van der Waals surface area contributed by atoms with Crippen LogP contribution in [0.5, 0.6) is 0 Å². The molecule has 2 fully saturated rings. The molecule has 0 saturated carbocycles. The topological polar surface area (TPSA) is 35.6 Å². The van der Waals surface area contributed by atoms with Crippen LogP contribution >= 0.6 is 12.4 Å². The number of hydrogen-bond donors (Lipinski definition) is 1. The van der Waals surface area contributed by atoms with Crippen LogP contribution in [0, 0.1) is 11.8 Å². The molecule has 0 aromatic heterocycles. The number of rotatable bonds is 3. The molecule has 4 rings (SSSR count). The average molecular weight is 386 g/mol. The zero-order valence-corrected chi connectivity index (χ0v) is 16.6. The van der Waals surface area contributed by atoms with Crippen molar-refractivity contribution in [2.45, 2.75) is 12.8 Å². The minimum Gasteiger partial charge on any atom is -0.344 e. The standard InChI is InChI=1S/C22H27N3O.ClH/c1-24(19-7-3-2-4-8-19)21-10-6-5-9-20(21)22(26)25-13-11-17-15-23-16-18(17)12-14-25;/h2-10,17-18,23H,11-16H2,1H3;1H/t17-,18+;. The molecule has 1 amide bonds. The molecule has 5 heteroatoms. The summed E-state index contributed by atoms with van der Waals surface area (Å²) < 4.78 is 0. The summed E-state index contributed by atoms with van der Waals surface area (Å²) in [5.41, 5.74) is 2.85. The molecule has 2 atom stereocenters. The Labute approximate surface area is 168 Å². The predicted octanol–water partition coefficient (Wildman–Crippen LogP) is 3.95. The second kappa shape index (κ2) is 8.77. The first-order valence-corrected chi connectivity index (χ1v) is 9.62. The van der Waals surface area contributed by atoms with Gasteiger partial charge in [0.2, 0.25) is 0 Å². The Morgan fingerprint density at radius 3 is 2.22 bits per heavy atom. The molecular formula is C22H28ClN3O. The van der Waals surface area contributed by atoms with Crippen molar-refractivity contribution in [2.24, 2.45) is 11.8 Å². The van der Waals surface area contributed by atoms with Crippen LogP contribution in [0.25, 0.3) is 0 Å². The molecule has 2 aromatic rings. The maximum Gasteiger partial charge on any atom is 0.255 e. The minimum atomic E-state index is 0. The SMILES string of the molecule is CN(c1ccccc1)c1ccccc1C(=O)N1CC[C@@H]2CNC[C@@H]2CC1.Cl. The third-order valence-corrected chi connectivity index (χ3v) is 5.95. The van der Waals surface area contributed by atoms with E-state index in [1.807, 2.05) is 49.5 Å². The van der Waals surface area contributed by atoms with Crippen LogP contribution in [0.15, 0.2) is 54.6 Å². The Bertz CT molecular complexity index is 753. The fourth-order valence-corrected chi connectivity index (χ4v) is 4.33. The van der Waals surface area contributed by atoms with Gasteiger partial charge in [0.1, 0.15) is 0 Å². The third kappa shape index (κ3) is 4.12. The van der Waals surface area contributed by atoms with Crippen LogP contribution < -0.4 is 10.2 Å². The van der Waals surface area contributed by atoms with Gasteiger partial charge in [-0.3, -0.25) is 4.79 Å². The molecule has 2 saturated heterocycles. The van der Waals surface area contributed by atoms with Gasteiger partial charge in [0.05, 0.1) is 11.3 Å². The Balaban J connectivity index is 0.00000210. The average Bonchev–Trinajstić information content (AvgIpc) is 3.06. The van der Waals surface area contributed by atoms with Crippen molar-refractivity contribution in [2.75, 3.05) is 38.1 Å². The van der Waals surface area contributed by atoms with Gasteiger partial charge in [-0.25, -0.2) is 0 Å². The van der Waals surface area contributed by atoms with E-state index in [2.05, 4.69) is 27.2 Å². The van der Waals surface area contributed by atoms with Crippen LogP contribution in [0.1, 0.15) is 23.2 Å². The molecular weight excluding hydrogens is 358 g/mol.